The third-order valence-corrected chi connectivity index (χ3v) is 2.96. The summed E-state index contributed by atoms with van der Waals surface area (Å²) in [5.74, 6) is -0.400. The van der Waals surface area contributed by atoms with Gasteiger partial charge in [-0.25, -0.2) is 4.79 Å². The Labute approximate surface area is 119 Å². The fourth-order valence-corrected chi connectivity index (χ4v) is 1.89. The second-order valence-corrected chi connectivity index (χ2v) is 4.56. The highest BCUT2D eigenvalue weighted by Crippen LogP contribution is 2.28. The minimum absolute atomic E-state index is 0.00562. The maximum Gasteiger partial charge on any atom is 0.338 e. The summed E-state index contributed by atoms with van der Waals surface area (Å²) in [5, 5.41) is 19.7. The van der Waals surface area contributed by atoms with Gasteiger partial charge in [0.15, 0.2) is 0 Å². The number of hydrogen-bond acceptors (Lipinski definition) is 5. The van der Waals surface area contributed by atoms with Crippen LogP contribution >= 0.6 is 0 Å². The molecule has 2 aromatic rings. The normalized spacial score (nSPS) is 10.4. The van der Waals surface area contributed by atoms with E-state index in [4.69, 9.17) is 14.3 Å². The zero-order valence-electron chi connectivity index (χ0n) is 11.5. The number of aromatic carboxylic acids is 1. The van der Waals surface area contributed by atoms with Gasteiger partial charge in [0.05, 0.1) is 16.6 Å². The molecule has 21 heavy (non-hydrogen) atoms. The Hall–Kier alpha value is -2.83. The molecule has 7 nitrogen and oxygen atoms in total. The van der Waals surface area contributed by atoms with E-state index in [1.54, 1.807) is 19.9 Å². The maximum absolute atomic E-state index is 10.9. The fraction of sp³-hybridized carbons (Fsp3) is 0.214. The predicted octanol–water partition coefficient (Wildman–Crippen LogP) is 3.08. The van der Waals surface area contributed by atoms with Crippen LogP contribution in [0.1, 0.15) is 27.2 Å². The largest absolute Gasteiger partial charge is 0.485 e. The molecule has 0 amide bonds. The zero-order chi connectivity index (χ0) is 15.6. The first kappa shape index (κ1) is 14.6. The highest BCUT2D eigenvalue weighted by atomic mass is 16.6. The van der Waals surface area contributed by atoms with Crippen molar-refractivity contribution in [1.82, 2.24) is 0 Å². The van der Waals surface area contributed by atoms with E-state index in [0.717, 1.165) is 11.8 Å². The predicted molar refractivity (Wildman–Crippen MR) is 72.6 cm³/mol. The molecule has 0 aliphatic rings. The van der Waals surface area contributed by atoms with Crippen molar-refractivity contribution in [1.29, 1.82) is 0 Å². The molecule has 1 heterocycles. The van der Waals surface area contributed by atoms with Crippen molar-refractivity contribution in [2.24, 2.45) is 0 Å². The number of hydrogen-bond donors (Lipinski definition) is 1. The van der Waals surface area contributed by atoms with Crippen molar-refractivity contribution in [3.63, 3.8) is 0 Å². The first-order valence-electron chi connectivity index (χ1n) is 6.07. The van der Waals surface area contributed by atoms with E-state index >= 15 is 0 Å². The van der Waals surface area contributed by atoms with Gasteiger partial charge in [0.2, 0.25) is 0 Å². The molecule has 110 valence electrons. The molecule has 1 N–H and O–H groups in total. The summed E-state index contributed by atoms with van der Waals surface area (Å²) in [7, 11) is 0. The molecule has 0 bridgehead atoms. The number of ether oxygens (including phenoxy) is 1. The Bertz CT molecular complexity index is 703. The number of furan rings is 1. The van der Waals surface area contributed by atoms with E-state index < -0.39 is 10.9 Å². The van der Waals surface area contributed by atoms with E-state index in [2.05, 4.69) is 0 Å². The first-order valence-corrected chi connectivity index (χ1v) is 6.07. The highest BCUT2D eigenvalue weighted by Gasteiger charge is 2.15. The van der Waals surface area contributed by atoms with E-state index in [1.807, 2.05) is 0 Å². The van der Waals surface area contributed by atoms with Crippen LogP contribution in [0.5, 0.6) is 5.75 Å². The number of nitro benzene ring substituents is 1. The molecule has 0 radical (unpaired) electrons. The molecule has 0 fully saturated rings. The van der Waals surface area contributed by atoms with Crippen molar-refractivity contribution >= 4 is 11.7 Å². The number of aryl methyl sites for hydroxylation is 2. The van der Waals surface area contributed by atoms with E-state index in [-0.39, 0.29) is 17.9 Å². The average Bonchev–Trinajstić information content (AvgIpc) is 2.86. The molecular formula is C14H13NO6. The lowest BCUT2D eigenvalue weighted by atomic mass is 10.1. The number of benzene rings is 1. The van der Waals surface area contributed by atoms with E-state index in [1.165, 1.54) is 12.1 Å². The quantitative estimate of drug-likeness (QED) is 0.670. The number of nitrogens with zero attached hydrogens (tertiary/aromatic N) is 1. The van der Waals surface area contributed by atoms with E-state index in [0.29, 0.717) is 17.1 Å². The third-order valence-electron chi connectivity index (χ3n) is 2.96. The Morgan fingerprint density at radius 1 is 1.33 bits per heavy atom. The second kappa shape index (κ2) is 5.66. The maximum atomic E-state index is 10.9. The van der Waals surface area contributed by atoms with Crippen LogP contribution in [0, 0.1) is 24.0 Å². The van der Waals surface area contributed by atoms with Gasteiger partial charge in [0.25, 0.3) is 5.69 Å². The van der Waals surface area contributed by atoms with Gasteiger partial charge in [0, 0.05) is 5.56 Å². The van der Waals surface area contributed by atoms with Crippen molar-refractivity contribution in [2.75, 3.05) is 0 Å². The minimum atomic E-state index is -1.09. The van der Waals surface area contributed by atoms with Gasteiger partial charge in [-0.1, -0.05) is 0 Å². The van der Waals surface area contributed by atoms with Crippen molar-refractivity contribution in [3.8, 4) is 5.75 Å². The second-order valence-electron chi connectivity index (χ2n) is 4.56. The number of rotatable bonds is 5. The molecule has 1 aromatic carbocycles. The number of carboxylic acid groups (broad SMARTS) is 1. The van der Waals surface area contributed by atoms with Gasteiger partial charge in [-0.3, -0.25) is 10.1 Å². The van der Waals surface area contributed by atoms with Gasteiger partial charge in [0.1, 0.15) is 24.4 Å². The standard InChI is InChI=1S/C14H13NO6/c1-8-3-9(2)13(5-12(8)15(18)19)21-7-11-4-10(6-20-11)14(16)17/h3-6H,7H2,1-2H3,(H,16,17). The Morgan fingerprint density at radius 2 is 2.05 bits per heavy atom. The van der Waals surface area contributed by atoms with Gasteiger partial charge in [-0.05, 0) is 31.5 Å². The zero-order valence-corrected chi connectivity index (χ0v) is 11.5. The van der Waals surface area contributed by atoms with E-state index in [9.17, 15) is 14.9 Å². The van der Waals surface area contributed by atoms with Crippen LogP contribution < -0.4 is 4.74 Å². The van der Waals surface area contributed by atoms with Crippen LogP contribution in [-0.4, -0.2) is 16.0 Å². The molecule has 0 saturated carbocycles. The lowest BCUT2D eigenvalue weighted by molar-refractivity contribution is -0.385. The summed E-state index contributed by atoms with van der Waals surface area (Å²) >= 11 is 0. The summed E-state index contributed by atoms with van der Waals surface area (Å²) in [5.41, 5.74) is 1.31. The van der Waals surface area contributed by atoms with Crippen LogP contribution in [0.25, 0.3) is 0 Å². The average molecular weight is 291 g/mol. The first-order chi connectivity index (χ1) is 9.88. The van der Waals surface area contributed by atoms with Crippen LogP contribution in [0.3, 0.4) is 0 Å². The van der Waals surface area contributed by atoms with Gasteiger partial charge < -0.3 is 14.3 Å². The smallest absolute Gasteiger partial charge is 0.338 e. The lowest BCUT2D eigenvalue weighted by Crippen LogP contribution is -1.99. The lowest BCUT2D eigenvalue weighted by Gasteiger charge is -2.08. The molecule has 0 spiro atoms. The van der Waals surface area contributed by atoms with Gasteiger partial charge in [-0.2, -0.15) is 0 Å². The molecule has 0 unspecified atom stereocenters. The van der Waals surface area contributed by atoms with Crippen LogP contribution in [0.4, 0.5) is 5.69 Å². The summed E-state index contributed by atoms with van der Waals surface area (Å²) in [6.45, 7) is 3.42. The van der Waals surface area contributed by atoms with Gasteiger partial charge in [-0.15, -0.1) is 0 Å². The Balaban J connectivity index is 2.17. The summed E-state index contributed by atoms with van der Waals surface area (Å²) in [6.07, 6.45) is 1.12. The monoisotopic (exact) mass is 291 g/mol. The topological polar surface area (TPSA) is 103 Å². The highest BCUT2D eigenvalue weighted by molar-refractivity contribution is 5.87. The Kier molecular flexibility index (Phi) is 3.93. The van der Waals surface area contributed by atoms with Crippen molar-refractivity contribution in [3.05, 3.63) is 57.0 Å². The van der Waals surface area contributed by atoms with Crippen LogP contribution in [-0.2, 0) is 6.61 Å². The summed E-state index contributed by atoms with van der Waals surface area (Å²) in [6, 6.07) is 4.37. The number of carbonyl (C=O) groups is 1. The number of nitro groups is 1. The third kappa shape index (κ3) is 3.19. The molecular weight excluding hydrogens is 278 g/mol. The molecule has 0 atom stereocenters. The Morgan fingerprint density at radius 3 is 2.62 bits per heavy atom. The van der Waals surface area contributed by atoms with Crippen LogP contribution in [0.15, 0.2) is 28.9 Å². The van der Waals surface area contributed by atoms with Crippen molar-refractivity contribution in [2.45, 2.75) is 20.5 Å². The van der Waals surface area contributed by atoms with Crippen molar-refractivity contribution < 1.29 is 24.0 Å². The molecule has 0 saturated heterocycles. The molecule has 0 aliphatic heterocycles. The summed E-state index contributed by atoms with van der Waals surface area (Å²) < 4.78 is 10.5. The minimum Gasteiger partial charge on any atom is -0.485 e. The van der Waals surface area contributed by atoms with Crippen LogP contribution in [0.2, 0.25) is 0 Å². The molecule has 2 rings (SSSR count). The molecule has 1 aromatic heterocycles. The van der Waals surface area contributed by atoms with Gasteiger partial charge >= 0.3 is 5.97 Å². The SMILES string of the molecule is Cc1cc(C)c([N+](=O)[O-])cc1OCc1cc(C(=O)O)co1. The summed E-state index contributed by atoms with van der Waals surface area (Å²) in [4.78, 5) is 21.2. The fourth-order valence-electron chi connectivity index (χ4n) is 1.89. The number of carboxylic acids is 1. The molecule has 7 heteroatoms. The molecule has 0 aliphatic carbocycles.